The fourth-order valence-electron chi connectivity index (χ4n) is 3.88. The van der Waals surface area contributed by atoms with Crippen LogP contribution in [0, 0.1) is 0 Å². The molecule has 1 aromatic heterocycles. The minimum absolute atomic E-state index is 0.0390. The largest absolute Gasteiger partial charge is 0.377 e. The highest BCUT2D eigenvalue weighted by molar-refractivity contribution is 5.80. The van der Waals surface area contributed by atoms with Crippen molar-refractivity contribution in [2.75, 3.05) is 32.8 Å². The van der Waals surface area contributed by atoms with E-state index in [1.54, 1.807) is 4.68 Å². The maximum atomic E-state index is 12.8. The van der Waals surface area contributed by atoms with E-state index in [0.29, 0.717) is 39.1 Å². The van der Waals surface area contributed by atoms with E-state index in [-0.39, 0.29) is 17.9 Å². The van der Waals surface area contributed by atoms with Crippen molar-refractivity contribution in [3.05, 3.63) is 24.3 Å². The second-order valence-electron chi connectivity index (χ2n) is 7.16. The number of aromatic nitrogens is 3. The number of para-hydroxylation sites is 1. The number of hydrogen-bond acceptors (Lipinski definition) is 5. The average Bonchev–Trinajstić information content (AvgIpc) is 3.37. The second-order valence-corrected chi connectivity index (χ2v) is 7.16. The first-order chi connectivity index (χ1) is 13.2. The Balaban J connectivity index is 1.37. The van der Waals surface area contributed by atoms with Crippen LogP contribution in [0.2, 0.25) is 0 Å². The van der Waals surface area contributed by atoms with Gasteiger partial charge in [-0.1, -0.05) is 17.3 Å². The summed E-state index contributed by atoms with van der Waals surface area (Å²) in [5.74, 6) is 0.167. The number of morpholine rings is 1. The third-order valence-corrected chi connectivity index (χ3v) is 5.37. The summed E-state index contributed by atoms with van der Waals surface area (Å²) in [5.41, 5.74) is 1.75. The first-order valence-corrected chi connectivity index (χ1v) is 9.65. The zero-order chi connectivity index (χ0) is 18.6. The highest BCUT2D eigenvalue weighted by Gasteiger charge is 2.31. The van der Waals surface area contributed by atoms with E-state index in [4.69, 9.17) is 4.74 Å². The van der Waals surface area contributed by atoms with Crippen LogP contribution in [0.15, 0.2) is 24.3 Å². The van der Waals surface area contributed by atoms with Crippen LogP contribution in [0.3, 0.4) is 0 Å². The van der Waals surface area contributed by atoms with E-state index in [2.05, 4.69) is 10.3 Å². The van der Waals surface area contributed by atoms with Gasteiger partial charge in [-0.05, 0) is 25.0 Å². The smallest absolute Gasteiger partial charge is 0.224 e. The molecule has 2 amide bonds. The number of benzene rings is 1. The van der Waals surface area contributed by atoms with Crippen molar-refractivity contribution >= 4 is 22.8 Å². The molecule has 0 N–H and O–H groups in total. The third-order valence-electron chi connectivity index (χ3n) is 5.37. The summed E-state index contributed by atoms with van der Waals surface area (Å²) in [6, 6.07) is 7.54. The van der Waals surface area contributed by atoms with E-state index < -0.39 is 0 Å². The van der Waals surface area contributed by atoms with Crippen LogP contribution >= 0.6 is 0 Å². The monoisotopic (exact) mass is 371 g/mol. The van der Waals surface area contributed by atoms with Crippen molar-refractivity contribution in [2.24, 2.45) is 0 Å². The molecule has 0 spiro atoms. The molecule has 0 bridgehead atoms. The quantitative estimate of drug-likeness (QED) is 0.785. The van der Waals surface area contributed by atoms with Gasteiger partial charge in [-0.25, -0.2) is 4.68 Å². The van der Waals surface area contributed by atoms with Gasteiger partial charge in [0.25, 0.3) is 0 Å². The van der Waals surface area contributed by atoms with Gasteiger partial charge in [0.05, 0.1) is 31.3 Å². The van der Waals surface area contributed by atoms with Gasteiger partial charge in [-0.2, -0.15) is 0 Å². The summed E-state index contributed by atoms with van der Waals surface area (Å²) < 4.78 is 7.30. The summed E-state index contributed by atoms with van der Waals surface area (Å²) in [4.78, 5) is 29.0. The van der Waals surface area contributed by atoms with E-state index in [1.807, 2.05) is 34.1 Å². The lowest BCUT2D eigenvalue weighted by atomic mass is 10.1. The van der Waals surface area contributed by atoms with Gasteiger partial charge in [0.1, 0.15) is 5.52 Å². The third kappa shape index (κ3) is 3.95. The molecule has 3 heterocycles. The molecule has 2 aliphatic heterocycles. The number of amides is 2. The van der Waals surface area contributed by atoms with Gasteiger partial charge in [-0.15, -0.1) is 5.10 Å². The molecule has 1 atom stereocenters. The Morgan fingerprint density at radius 3 is 2.78 bits per heavy atom. The lowest BCUT2D eigenvalue weighted by molar-refractivity contribution is -0.143. The molecular weight excluding hydrogens is 346 g/mol. The predicted molar refractivity (Wildman–Crippen MR) is 98.9 cm³/mol. The number of carbonyl (C=O) groups excluding carboxylic acids is 2. The van der Waals surface area contributed by atoms with Gasteiger partial charge in [0.2, 0.25) is 11.8 Å². The predicted octanol–water partition coefficient (Wildman–Crippen LogP) is 1.06. The number of rotatable bonds is 5. The number of ether oxygens (including phenoxy) is 1. The Morgan fingerprint density at radius 1 is 1.11 bits per heavy atom. The summed E-state index contributed by atoms with van der Waals surface area (Å²) >= 11 is 0. The van der Waals surface area contributed by atoms with Crippen molar-refractivity contribution in [1.82, 2.24) is 24.8 Å². The number of aryl methyl sites for hydroxylation is 1. The normalized spacial score (nSPS) is 20.4. The van der Waals surface area contributed by atoms with Crippen molar-refractivity contribution in [3.63, 3.8) is 0 Å². The number of fused-ring (bicyclic) bond motifs is 1. The van der Waals surface area contributed by atoms with E-state index in [9.17, 15) is 9.59 Å². The van der Waals surface area contributed by atoms with E-state index in [0.717, 1.165) is 37.0 Å². The number of nitrogens with zero attached hydrogens (tertiary/aromatic N) is 5. The summed E-state index contributed by atoms with van der Waals surface area (Å²) in [5, 5.41) is 8.27. The number of hydrogen-bond donors (Lipinski definition) is 0. The first-order valence-electron chi connectivity index (χ1n) is 9.65. The lowest BCUT2D eigenvalue weighted by Crippen LogP contribution is -2.50. The molecule has 2 aromatic rings. The van der Waals surface area contributed by atoms with Crippen LogP contribution in [-0.4, -0.2) is 75.5 Å². The van der Waals surface area contributed by atoms with Crippen LogP contribution < -0.4 is 0 Å². The Kier molecular flexibility index (Phi) is 5.33. The number of likely N-dealkylation sites (tertiary alicyclic amines) is 1. The van der Waals surface area contributed by atoms with Crippen LogP contribution in [-0.2, 0) is 20.9 Å². The molecule has 0 aliphatic carbocycles. The van der Waals surface area contributed by atoms with Crippen molar-refractivity contribution < 1.29 is 14.3 Å². The highest BCUT2D eigenvalue weighted by Crippen LogP contribution is 2.17. The van der Waals surface area contributed by atoms with Crippen molar-refractivity contribution in [1.29, 1.82) is 0 Å². The molecular formula is C19H25N5O3. The van der Waals surface area contributed by atoms with Crippen LogP contribution in [0.4, 0.5) is 0 Å². The van der Waals surface area contributed by atoms with Crippen LogP contribution in [0.1, 0.15) is 25.7 Å². The van der Waals surface area contributed by atoms with Crippen molar-refractivity contribution in [3.8, 4) is 0 Å². The maximum absolute atomic E-state index is 12.8. The minimum Gasteiger partial charge on any atom is -0.377 e. The standard InChI is InChI=1S/C19H25N5O3/c25-18(7-10-24-17-6-2-1-5-16(17)20-21-24)23-11-12-27-14-15(23)13-19(26)22-8-3-4-9-22/h1-2,5-6,15H,3-4,7-14H2/t15-/m1/s1. The summed E-state index contributed by atoms with van der Waals surface area (Å²) in [6.07, 6.45) is 2.82. The molecule has 0 radical (unpaired) electrons. The Hall–Kier alpha value is -2.48. The molecule has 4 rings (SSSR count). The van der Waals surface area contributed by atoms with Crippen molar-refractivity contribution in [2.45, 2.75) is 38.3 Å². The Bertz CT molecular complexity index is 815. The fraction of sp³-hybridized carbons (Fsp3) is 0.579. The Morgan fingerprint density at radius 2 is 1.93 bits per heavy atom. The highest BCUT2D eigenvalue weighted by atomic mass is 16.5. The fourth-order valence-corrected chi connectivity index (χ4v) is 3.88. The first kappa shape index (κ1) is 17.9. The SMILES string of the molecule is O=C(C[C@@H]1COCCN1C(=O)CCn1nnc2ccccc21)N1CCCC1. The molecule has 8 nitrogen and oxygen atoms in total. The van der Waals surface area contributed by atoms with E-state index in [1.165, 1.54) is 0 Å². The zero-order valence-corrected chi connectivity index (χ0v) is 15.4. The van der Waals surface area contributed by atoms with Gasteiger partial charge in [0, 0.05) is 32.5 Å². The molecule has 27 heavy (non-hydrogen) atoms. The zero-order valence-electron chi connectivity index (χ0n) is 15.4. The lowest BCUT2D eigenvalue weighted by Gasteiger charge is -2.36. The van der Waals surface area contributed by atoms with Gasteiger partial charge in [-0.3, -0.25) is 9.59 Å². The molecule has 2 saturated heterocycles. The van der Waals surface area contributed by atoms with Crippen LogP contribution in [0.25, 0.3) is 11.0 Å². The minimum atomic E-state index is -0.174. The molecule has 0 unspecified atom stereocenters. The molecule has 144 valence electrons. The van der Waals surface area contributed by atoms with Gasteiger partial charge in [0.15, 0.2) is 0 Å². The molecule has 8 heteroatoms. The average molecular weight is 371 g/mol. The molecule has 0 saturated carbocycles. The summed E-state index contributed by atoms with van der Waals surface area (Å²) in [6.45, 7) is 3.63. The molecule has 1 aromatic carbocycles. The topological polar surface area (TPSA) is 80.6 Å². The van der Waals surface area contributed by atoms with Crippen LogP contribution in [0.5, 0.6) is 0 Å². The summed E-state index contributed by atoms with van der Waals surface area (Å²) in [7, 11) is 0. The van der Waals surface area contributed by atoms with Gasteiger partial charge >= 0.3 is 0 Å². The Labute approximate surface area is 158 Å². The second kappa shape index (κ2) is 8.04. The maximum Gasteiger partial charge on any atom is 0.224 e. The molecule has 2 fully saturated rings. The molecule has 2 aliphatic rings. The van der Waals surface area contributed by atoms with Gasteiger partial charge < -0.3 is 14.5 Å². The number of carbonyl (C=O) groups is 2. The van der Waals surface area contributed by atoms with E-state index >= 15 is 0 Å².